The van der Waals surface area contributed by atoms with Gasteiger partial charge in [-0.15, -0.1) is 0 Å². The average molecular weight is 288 g/mol. The first-order valence-electron chi connectivity index (χ1n) is 6.97. The number of hydrogen-bond donors (Lipinski definition) is 2. The molecule has 0 aliphatic rings. The van der Waals surface area contributed by atoms with Gasteiger partial charge in [-0.3, -0.25) is 0 Å². The molecule has 1 aromatic rings. The van der Waals surface area contributed by atoms with Crippen molar-refractivity contribution in [3.63, 3.8) is 0 Å². The zero-order valence-electron chi connectivity index (χ0n) is 12.1. The maximum Gasteiger partial charge on any atom is 0.416 e. The predicted molar refractivity (Wildman–Crippen MR) is 75.7 cm³/mol. The van der Waals surface area contributed by atoms with Crippen molar-refractivity contribution in [3.05, 3.63) is 35.4 Å². The third-order valence-corrected chi connectivity index (χ3v) is 2.90. The lowest BCUT2D eigenvalue weighted by molar-refractivity contribution is -0.137. The van der Waals surface area contributed by atoms with Crippen LogP contribution < -0.4 is 10.6 Å². The molecule has 0 atom stereocenters. The summed E-state index contributed by atoms with van der Waals surface area (Å²) >= 11 is 0. The quantitative estimate of drug-likeness (QED) is 0.718. The smallest absolute Gasteiger partial charge is 0.315 e. The highest BCUT2D eigenvalue weighted by Crippen LogP contribution is 2.29. The summed E-state index contributed by atoms with van der Waals surface area (Å²) in [6.07, 6.45) is -3.51. The SMILES string of the molecule is CC(C)CNCCNCCc1ccc(C(F)(F)F)cc1. The molecule has 0 bridgehead atoms. The first-order valence-corrected chi connectivity index (χ1v) is 6.97. The summed E-state index contributed by atoms with van der Waals surface area (Å²) in [6, 6.07) is 5.36. The number of nitrogens with one attached hydrogen (secondary N) is 2. The van der Waals surface area contributed by atoms with E-state index in [-0.39, 0.29) is 0 Å². The van der Waals surface area contributed by atoms with Gasteiger partial charge in [-0.25, -0.2) is 0 Å². The number of rotatable bonds is 8. The molecule has 0 aliphatic heterocycles. The van der Waals surface area contributed by atoms with Gasteiger partial charge in [0.25, 0.3) is 0 Å². The molecule has 0 heterocycles. The van der Waals surface area contributed by atoms with Crippen LogP contribution in [0.3, 0.4) is 0 Å². The van der Waals surface area contributed by atoms with Gasteiger partial charge in [0.1, 0.15) is 0 Å². The van der Waals surface area contributed by atoms with E-state index in [0.717, 1.165) is 50.3 Å². The van der Waals surface area contributed by atoms with Gasteiger partial charge in [0.05, 0.1) is 5.56 Å². The number of benzene rings is 1. The summed E-state index contributed by atoms with van der Waals surface area (Å²) in [5, 5.41) is 6.59. The van der Waals surface area contributed by atoms with Gasteiger partial charge in [-0.2, -0.15) is 13.2 Å². The summed E-state index contributed by atoms with van der Waals surface area (Å²) in [7, 11) is 0. The van der Waals surface area contributed by atoms with Crippen molar-refractivity contribution >= 4 is 0 Å². The van der Waals surface area contributed by atoms with Crippen LogP contribution in [0.5, 0.6) is 0 Å². The molecule has 0 aliphatic carbocycles. The molecule has 1 rings (SSSR count). The molecule has 0 unspecified atom stereocenters. The Morgan fingerprint density at radius 2 is 1.55 bits per heavy atom. The molecule has 0 radical (unpaired) electrons. The van der Waals surface area contributed by atoms with E-state index in [1.807, 2.05) is 0 Å². The fraction of sp³-hybridized carbons (Fsp3) is 0.600. The van der Waals surface area contributed by atoms with Gasteiger partial charge in [0.2, 0.25) is 0 Å². The maximum atomic E-state index is 12.4. The summed E-state index contributed by atoms with van der Waals surface area (Å²) in [5.41, 5.74) is 0.327. The Balaban J connectivity index is 2.16. The van der Waals surface area contributed by atoms with Crippen LogP contribution in [-0.2, 0) is 12.6 Å². The van der Waals surface area contributed by atoms with Crippen LogP contribution in [-0.4, -0.2) is 26.2 Å². The van der Waals surface area contributed by atoms with Crippen LogP contribution in [0.15, 0.2) is 24.3 Å². The number of hydrogen-bond acceptors (Lipinski definition) is 2. The minimum atomic E-state index is -4.25. The van der Waals surface area contributed by atoms with Crippen molar-refractivity contribution in [1.82, 2.24) is 10.6 Å². The minimum absolute atomic E-state index is 0.591. The summed E-state index contributed by atoms with van der Waals surface area (Å²) < 4.78 is 37.1. The lowest BCUT2D eigenvalue weighted by Gasteiger charge is -2.09. The lowest BCUT2D eigenvalue weighted by Crippen LogP contribution is -2.30. The van der Waals surface area contributed by atoms with Gasteiger partial charge in [0.15, 0.2) is 0 Å². The predicted octanol–water partition coefficient (Wildman–Crippen LogP) is 3.08. The van der Waals surface area contributed by atoms with Gasteiger partial charge in [-0.05, 0) is 43.1 Å². The minimum Gasteiger partial charge on any atom is -0.315 e. The topological polar surface area (TPSA) is 24.1 Å². The van der Waals surface area contributed by atoms with Crippen LogP contribution in [0.2, 0.25) is 0 Å². The number of alkyl halides is 3. The van der Waals surface area contributed by atoms with E-state index in [1.54, 1.807) is 12.1 Å². The van der Waals surface area contributed by atoms with Gasteiger partial charge in [0, 0.05) is 13.1 Å². The van der Waals surface area contributed by atoms with E-state index < -0.39 is 11.7 Å². The van der Waals surface area contributed by atoms with Crippen LogP contribution >= 0.6 is 0 Å². The summed E-state index contributed by atoms with van der Waals surface area (Å²) in [5.74, 6) is 0.641. The Hall–Kier alpha value is -1.07. The molecule has 20 heavy (non-hydrogen) atoms. The Labute approximate surface area is 118 Å². The zero-order chi connectivity index (χ0) is 15.0. The van der Waals surface area contributed by atoms with Crippen LogP contribution in [0.1, 0.15) is 25.0 Å². The van der Waals surface area contributed by atoms with Gasteiger partial charge >= 0.3 is 6.18 Å². The van der Waals surface area contributed by atoms with Crippen molar-refractivity contribution in [3.8, 4) is 0 Å². The standard InChI is InChI=1S/C15H23F3N2/c1-12(2)11-20-10-9-19-8-7-13-3-5-14(6-4-13)15(16,17)18/h3-6,12,19-20H,7-11H2,1-2H3. The lowest BCUT2D eigenvalue weighted by atomic mass is 10.1. The zero-order valence-corrected chi connectivity index (χ0v) is 12.1. The largest absolute Gasteiger partial charge is 0.416 e. The Bertz CT molecular complexity index is 372. The normalized spacial score (nSPS) is 12.1. The molecule has 0 fully saturated rings. The van der Waals surface area contributed by atoms with E-state index in [2.05, 4.69) is 24.5 Å². The summed E-state index contributed by atoms with van der Waals surface area (Å²) in [4.78, 5) is 0. The molecule has 0 amide bonds. The maximum absolute atomic E-state index is 12.4. The second-order valence-electron chi connectivity index (χ2n) is 5.29. The van der Waals surface area contributed by atoms with Crippen LogP contribution in [0, 0.1) is 5.92 Å². The number of halogens is 3. The van der Waals surface area contributed by atoms with E-state index >= 15 is 0 Å². The van der Waals surface area contributed by atoms with Crippen molar-refractivity contribution in [1.29, 1.82) is 0 Å². The second-order valence-corrected chi connectivity index (χ2v) is 5.29. The molecule has 114 valence electrons. The molecule has 0 aromatic heterocycles. The van der Waals surface area contributed by atoms with Gasteiger partial charge in [-0.1, -0.05) is 26.0 Å². The Morgan fingerprint density at radius 3 is 2.10 bits per heavy atom. The van der Waals surface area contributed by atoms with Crippen molar-refractivity contribution in [2.45, 2.75) is 26.4 Å². The average Bonchev–Trinajstić information content (AvgIpc) is 2.37. The Morgan fingerprint density at radius 1 is 0.950 bits per heavy atom. The van der Waals surface area contributed by atoms with E-state index in [9.17, 15) is 13.2 Å². The van der Waals surface area contributed by atoms with E-state index in [1.165, 1.54) is 0 Å². The molecule has 5 heteroatoms. The first-order chi connectivity index (χ1) is 9.39. The highest BCUT2D eigenvalue weighted by Gasteiger charge is 2.29. The molecule has 2 nitrogen and oxygen atoms in total. The van der Waals surface area contributed by atoms with Gasteiger partial charge < -0.3 is 10.6 Å². The molecule has 0 saturated heterocycles. The highest BCUT2D eigenvalue weighted by atomic mass is 19.4. The molecule has 0 saturated carbocycles. The fourth-order valence-electron chi connectivity index (χ4n) is 1.79. The monoisotopic (exact) mass is 288 g/mol. The third-order valence-electron chi connectivity index (χ3n) is 2.90. The van der Waals surface area contributed by atoms with Crippen molar-refractivity contribution in [2.24, 2.45) is 5.92 Å². The molecular formula is C15H23F3N2. The first kappa shape index (κ1) is 17.0. The molecular weight excluding hydrogens is 265 g/mol. The van der Waals surface area contributed by atoms with Crippen molar-refractivity contribution < 1.29 is 13.2 Å². The third kappa shape index (κ3) is 6.91. The Kier molecular flexibility index (Phi) is 7.02. The highest BCUT2D eigenvalue weighted by molar-refractivity contribution is 5.24. The summed E-state index contributed by atoms with van der Waals surface area (Å²) in [6.45, 7) is 7.87. The van der Waals surface area contributed by atoms with Crippen molar-refractivity contribution in [2.75, 3.05) is 26.2 Å². The fourth-order valence-corrected chi connectivity index (χ4v) is 1.79. The molecule has 1 aromatic carbocycles. The van der Waals surface area contributed by atoms with Crippen LogP contribution in [0.25, 0.3) is 0 Å². The van der Waals surface area contributed by atoms with Crippen LogP contribution in [0.4, 0.5) is 13.2 Å². The van der Waals surface area contributed by atoms with E-state index in [4.69, 9.17) is 0 Å². The second kappa shape index (κ2) is 8.27. The molecule has 2 N–H and O–H groups in total. The molecule has 0 spiro atoms. The van der Waals surface area contributed by atoms with E-state index in [0.29, 0.717) is 5.92 Å².